The fraction of sp³-hybridized carbons (Fsp3) is 0.220. The largest absolute Gasteiger partial charge is 0.490 e. The number of nitrogens with one attached hydrogen (secondary N) is 6. The van der Waals surface area contributed by atoms with Crippen LogP contribution in [-0.2, 0) is 50.3 Å². The predicted octanol–water partition coefficient (Wildman–Crippen LogP) is 17.5. The lowest BCUT2D eigenvalue weighted by Gasteiger charge is -2.29. The molecule has 20 rings (SSSR count). The molecule has 3 unspecified atom stereocenters. The number of benzene rings is 7. The van der Waals surface area contributed by atoms with Gasteiger partial charge in [0.25, 0.3) is 16.7 Å². The first-order valence-electron chi connectivity index (χ1n) is 44.5. The maximum atomic E-state index is 15.6. The Bertz CT molecular complexity index is 7760. The molecular formula is C100H94ClFN20O10S6. The summed E-state index contributed by atoms with van der Waals surface area (Å²) in [6, 6.07) is 60.8. The van der Waals surface area contributed by atoms with Crippen LogP contribution < -0.4 is 58.1 Å². The SMILES string of the molecule is CC(C)S(=O)(=O)n1cccc1Cn1c(=O)c(Nc2cccnc2)cc2cnc(Nc3ccc(C4CNCCS4)cc3)nc21.Cc1ccc(-c2cc3cnc(Nc4ccc(OC5CCN(C)CC5)cc4)nc3n(Cc3cccc(S(=O)(=O)c4nccs4)c3)c2=O)c(Cl)c1.Cc1scnc1-c1cc2cnc(Nc3ccc(OC4CCNC4)cc3)nc2n(Cc2c(F)cccc2S(=O)c2ccccc2)c1=O. The number of halogens is 2. The molecule has 13 heterocycles. The van der Waals surface area contributed by atoms with Crippen LogP contribution >= 0.6 is 46.0 Å². The summed E-state index contributed by atoms with van der Waals surface area (Å²) in [6.07, 6.45) is 14.5. The molecule has 0 amide bonds. The Kier molecular flexibility index (Phi) is 28.9. The molecule has 0 aliphatic carbocycles. The number of fused-ring (bicyclic) bond motifs is 3. The van der Waals surface area contributed by atoms with Crippen LogP contribution in [0.2, 0.25) is 5.02 Å². The van der Waals surface area contributed by atoms with Crippen molar-refractivity contribution in [3.63, 3.8) is 0 Å². The van der Waals surface area contributed by atoms with Crippen molar-refractivity contribution in [2.75, 3.05) is 73.3 Å². The van der Waals surface area contributed by atoms with Crippen molar-refractivity contribution in [2.45, 2.75) is 108 Å². The molecule has 17 aromatic rings. The van der Waals surface area contributed by atoms with Crippen molar-refractivity contribution in [1.29, 1.82) is 0 Å². The predicted molar refractivity (Wildman–Crippen MR) is 543 cm³/mol. The van der Waals surface area contributed by atoms with E-state index in [1.807, 2.05) is 111 Å². The molecule has 138 heavy (non-hydrogen) atoms. The molecule has 3 aliphatic rings. The van der Waals surface area contributed by atoms with E-state index in [2.05, 4.69) is 85.9 Å². The van der Waals surface area contributed by atoms with Crippen molar-refractivity contribution in [3.8, 4) is 33.9 Å². The van der Waals surface area contributed by atoms with E-state index in [-0.39, 0.29) is 68.6 Å². The van der Waals surface area contributed by atoms with Gasteiger partial charge in [0.15, 0.2) is 0 Å². The fourth-order valence-electron chi connectivity index (χ4n) is 16.2. The number of hydrogen-bond acceptors (Lipinski definition) is 29. The first kappa shape index (κ1) is 94.7. The Hall–Kier alpha value is -13.6. The van der Waals surface area contributed by atoms with Crippen LogP contribution in [0.5, 0.6) is 11.5 Å². The number of piperidine rings is 1. The maximum absolute atomic E-state index is 15.6. The Labute approximate surface area is 813 Å². The zero-order valence-corrected chi connectivity index (χ0v) is 81.0. The van der Waals surface area contributed by atoms with Crippen molar-refractivity contribution in [1.82, 2.24) is 78.1 Å². The number of aromatic nitrogens is 13. The van der Waals surface area contributed by atoms with Gasteiger partial charge in [-0.3, -0.25) is 33.1 Å². The van der Waals surface area contributed by atoms with E-state index < -0.39 is 47.3 Å². The van der Waals surface area contributed by atoms with Crippen LogP contribution in [0, 0.1) is 19.7 Å². The number of hydrogen-bond donors (Lipinski definition) is 6. The van der Waals surface area contributed by atoms with E-state index in [0.717, 1.165) is 115 Å². The van der Waals surface area contributed by atoms with Crippen LogP contribution in [0.1, 0.15) is 71.2 Å². The number of pyridine rings is 4. The molecule has 38 heteroatoms. The quantitative estimate of drug-likeness (QED) is 0.0278. The summed E-state index contributed by atoms with van der Waals surface area (Å²) in [6.45, 7) is 12.7. The first-order valence-corrected chi connectivity index (χ1v) is 51.8. The van der Waals surface area contributed by atoms with Gasteiger partial charge in [0.2, 0.25) is 42.0 Å². The van der Waals surface area contributed by atoms with E-state index in [9.17, 15) is 35.4 Å². The summed E-state index contributed by atoms with van der Waals surface area (Å²) in [7, 11) is -7.02. The average Bonchev–Trinajstić information content (AvgIpc) is 0.852. The van der Waals surface area contributed by atoms with Gasteiger partial charge in [0.05, 0.1) is 79.8 Å². The number of ether oxygens (including phenoxy) is 2. The van der Waals surface area contributed by atoms with E-state index in [0.29, 0.717) is 105 Å². The monoisotopic (exact) mass is 1980 g/mol. The Morgan fingerprint density at radius 3 is 1.79 bits per heavy atom. The van der Waals surface area contributed by atoms with E-state index in [4.69, 9.17) is 36.0 Å². The van der Waals surface area contributed by atoms with E-state index in [1.165, 1.54) is 65.2 Å². The molecule has 704 valence electrons. The lowest BCUT2D eigenvalue weighted by atomic mass is 10.0. The number of thiazole rings is 2. The van der Waals surface area contributed by atoms with Gasteiger partial charge < -0.3 is 46.3 Å². The average molecular weight is 1980 g/mol. The number of aryl methyl sites for hydroxylation is 2. The topological polar surface area (TPSA) is 366 Å². The molecule has 3 fully saturated rings. The van der Waals surface area contributed by atoms with Crippen molar-refractivity contribution >= 4 is 156 Å². The van der Waals surface area contributed by atoms with Crippen LogP contribution in [0.4, 0.5) is 50.7 Å². The molecule has 3 aliphatic heterocycles. The highest BCUT2D eigenvalue weighted by molar-refractivity contribution is 7.99. The molecule has 0 spiro atoms. The molecule has 0 bridgehead atoms. The van der Waals surface area contributed by atoms with Crippen molar-refractivity contribution in [3.05, 3.63) is 335 Å². The smallest absolute Gasteiger partial charge is 0.276 e. The zero-order chi connectivity index (χ0) is 95.7. The van der Waals surface area contributed by atoms with Crippen molar-refractivity contribution < 1.29 is 34.9 Å². The third-order valence-corrected chi connectivity index (χ3v) is 32.4. The normalized spacial score (nSPS) is 15.0. The Morgan fingerprint density at radius 1 is 0.565 bits per heavy atom. The van der Waals surface area contributed by atoms with E-state index >= 15 is 4.39 Å². The minimum absolute atomic E-state index is 0.00755. The van der Waals surface area contributed by atoms with Gasteiger partial charge in [-0.15, -0.1) is 22.7 Å². The number of anilines is 8. The summed E-state index contributed by atoms with van der Waals surface area (Å²) in [5.74, 6) is 2.96. The zero-order valence-electron chi connectivity index (χ0n) is 75.4. The second kappa shape index (κ2) is 42.2. The molecule has 0 saturated carbocycles. The minimum atomic E-state index is -3.82. The number of sulfone groups is 1. The van der Waals surface area contributed by atoms with Crippen LogP contribution in [-0.4, -0.2) is 158 Å². The van der Waals surface area contributed by atoms with Crippen LogP contribution in [0.15, 0.2) is 294 Å². The van der Waals surface area contributed by atoms with Gasteiger partial charge in [-0.1, -0.05) is 72.3 Å². The molecule has 0 radical (unpaired) electrons. The summed E-state index contributed by atoms with van der Waals surface area (Å²) in [5.41, 5.74) is 10.1. The molecule has 3 atom stereocenters. The van der Waals surface area contributed by atoms with Gasteiger partial charge in [-0.25, -0.2) is 54.3 Å². The highest BCUT2D eigenvalue weighted by Crippen LogP contribution is 2.36. The number of thioether (sulfide) groups is 1. The third kappa shape index (κ3) is 21.7. The number of nitrogens with zero attached hydrogens (tertiary/aromatic N) is 14. The number of likely N-dealkylation sites (tertiary alicyclic amines) is 1. The van der Waals surface area contributed by atoms with Gasteiger partial charge in [0.1, 0.15) is 52.2 Å². The van der Waals surface area contributed by atoms with Crippen LogP contribution in [0.25, 0.3) is 55.5 Å². The number of rotatable bonds is 27. The van der Waals surface area contributed by atoms with Gasteiger partial charge in [-0.05, 0) is 223 Å². The maximum Gasteiger partial charge on any atom is 0.276 e. The summed E-state index contributed by atoms with van der Waals surface area (Å²) < 4.78 is 99.7. The standard InChI is InChI=1S/C36H33ClN6O4S2.C34H29FN6O3S2.C30H32N8O3S2/c1-23-6-11-30(32(37)18-23)31-20-25-21-39-35(40-26-7-9-27(10-8-26)47-28-12-15-42(2)16-13-28)41-33(25)43(34(31)44)22-24-4-3-5-29(19-24)49(45,46)36-38-14-17-48-36;1-21-31(38-20-45-21)27-16-22-17-37-34(39-23-10-12-24(13-11-23)44-25-14-15-36-18-25)40-32(22)41(33(27)42)19-28-29(35)8-5-9-30(28)46(43)26-6-3-2-4-7-26;1-20(2)43(40,41)38-13-4-6-25(38)19-37-28-22(15-26(29(37)39)34-24-5-3-11-31-17-24)16-33-30(36-28)35-23-9-7-21(8-10-23)27-18-32-12-14-42-27/h3-11,14,17-21,28H,12-13,15-16,22H2,1-2H3,(H,39,40,41);2-13,16-17,20,25,36H,14-15,18-19H2,1H3,(H,37,39,40);3-11,13,15-17,20,27,32,34H,12,14,18-19H2,1-2H3,(H,33,35,36). The molecule has 3 saturated heterocycles. The summed E-state index contributed by atoms with van der Waals surface area (Å²) in [5, 5.41) is 23.2. The second-order valence-corrected chi connectivity index (χ2v) is 43.1. The van der Waals surface area contributed by atoms with Crippen molar-refractivity contribution in [2.24, 2.45) is 0 Å². The van der Waals surface area contributed by atoms with Gasteiger partial charge in [0, 0.05) is 151 Å². The highest BCUT2D eigenvalue weighted by Gasteiger charge is 2.29. The molecular weight excluding hydrogens is 1890 g/mol. The first-order chi connectivity index (χ1) is 66.9. The third-order valence-electron chi connectivity index (χ3n) is 23.5. The molecule has 30 nitrogen and oxygen atoms in total. The molecule has 7 aromatic carbocycles. The second-order valence-electron chi connectivity index (χ2n) is 33.5. The Morgan fingerprint density at radius 2 is 1.19 bits per heavy atom. The molecule has 6 N–H and O–H groups in total. The lowest BCUT2D eigenvalue weighted by molar-refractivity contribution is 0.114. The Balaban J connectivity index is 0.000000138. The van der Waals surface area contributed by atoms with E-state index in [1.54, 1.807) is 147 Å². The minimum Gasteiger partial charge on any atom is -0.490 e. The fourth-order valence-corrected chi connectivity index (χ4v) is 23.0. The molecule has 10 aromatic heterocycles. The van der Waals surface area contributed by atoms with Crippen LogP contribution in [0.3, 0.4) is 0 Å². The lowest BCUT2D eigenvalue weighted by Crippen LogP contribution is -2.35. The van der Waals surface area contributed by atoms with Gasteiger partial charge >= 0.3 is 0 Å². The van der Waals surface area contributed by atoms with Gasteiger partial charge in [-0.2, -0.15) is 26.7 Å². The summed E-state index contributed by atoms with van der Waals surface area (Å²) in [4.78, 5) is 86.8. The summed E-state index contributed by atoms with van der Waals surface area (Å²) >= 11 is 11.1. The highest BCUT2D eigenvalue weighted by atomic mass is 35.5.